The Hall–Kier alpha value is -3.57. The van der Waals surface area contributed by atoms with Gasteiger partial charge in [0.2, 0.25) is 0 Å². The highest BCUT2D eigenvalue weighted by Crippen LogP contribution is 2.34. The van der Waals surface area contributed by atoms with E-state index < -0.39 is 5.97 Å². The maximum atomic E-state index is 12.3. The minimum absolute atomic E-state index is 0.0952. The van der Waals surface area contributed by atoms with Crippen molar-refractivity contribution in [3.05, 3.63) is 95.1 Å². The van der Waals surface area contributed by atoms with Crippen LogP contribution in [0.25, 0.3) is 22.6 Å². The van der Waals surface area contributed by atoms with E-state index in [4.69, 9.17) is 21.3 Å². The van der Waals surface area contributed by atoms with Gasteiger partial charge in [-0.3, -0.25) is 0 Å². The molecule has 0 aliphatic rings. The molecule has 6 heteroatoms. The Morgan fingerprint density at radius 3 is 2.30 bits per heavy atom. The molecule has 0 aliphatic heterocycles. The van der Waals surface area contributed by atoms with Crippen LogP contribution in [0.4, 0.5) is 0 Å². The van der Waals surface area contributed by atoms with Gasteiger partial charge in [0.15, 0.2) is 5.69 Å². The number of carboxylic acid groups (broad SMARTS) is 1. The number of carbonyl (C=O) groups is 1. The summed E-state index contributed by atoms with van der Waals surface area (Å²) < 4.78 is 6.94. The summed E-state index contributed by atoms with van der Waals surface area (Å²) in [7, 11) is 1.61. The van der Waals surface area contributed by atoms with Crippen molar-refractivity contribution in [3.63, 3.8) is 0 Å². The number of ether oxygens (including phenoxy) is 1. The van der Waals surface area contributed by atoms with Gasteiger partial charge >= 0.3 is 5.97 Å². The summed E-state index contributed by atoms with van der Waals surface area (Å²) in [5.74, 6) is 0.245. The van der Waals surface area contributed by atoms with E-state index >= 15 is 0 Å². The number of halogens is 1. The van der Waals surface area contributed by atoms with Crippen LogP contribution in [0.5, 0.6) is 5.75 Å². The summed E-state index contributed by atoms with van der Waals surface area (Å²) in [5, 5.41) is 10.5. The van der Waals surface area contributed by atoms with Gasteiger partial charge in [-0.05, 0) is 23.8 Å². The van der Waals surface area contributed by atoms with Crippen molar-refractivity contribution in [2.45, 2.75) is 6.54 Å². The van der Waals surface area contributed by atoms with Gasteiger partial charge in [-0.15, -0.1) is 0 Å². The topological polar surface area (TPSA) is 64.4 Å². The molecule has 4 aromatic rings. The highest BCUT2D eigenvalue weighted by Gasteiger charge is 2.25. The van der Waals surface area contributed by atoms with Crippen LogP contribution in [-0.2, 0) is 6.54 Å². The average Bonchev–Trinajstić information content (AvgIpc) is 3.14. The molecule has 4 rings (SSSR count). The third-order valence-electron chi connectivity index (χ3n) is 4.83. The van der Waals surface area contributed by atoms with Gasteiger partial charge in [0, 0.05) is 17.7 Å². The van der Waals surface area contributed by atoms with E-state index in [0.29, 0.717) is 28.6 Å². The Morgan fingerprint density at radius 2 is 1.67 bits per heavy atom. The Labute approximate surface area is 179 Å². The Balaban J connectivity index is 1.93. The van der Waals surface area contributed by atoms with Gasteiger partial charge in [-0.1, -0.05) is 72.3 Å². The van der Waals surface area contributed by atoms with Crippen molar-refractivity contribution in [1.82, 2.24) is 9.55 Å². The van der Waals surface area contributed by atoms with Crippen molar-refractivity contribution in [3.8, 4) is 28.4 Å². The second-order valence-corrected chi connectivity index (χ2v) is 7.13. The van der Waals surface area contributed by atoms with Crippen molar-refractivity contribution in [2.24, 2.45) is 0 Å². The molecule has 1 heterocycles. The van der Waals surface area contributed by atoms with E-state index in [0.717, 1.165) is 16.9 Å². The first-order valence-electron chi connectivity index (χ1n) is 9.35. The maximum Gasteiger partial charge on any atom is 0.354 e. The number of aromatic nitrogens is 2. The van der Waals surface area contributed by atoms with Crippen LogP contribution in [0, 0.1) is 0 Å². The van der Waals surface area contributed by atoms with Gasteiger partial charge in [0.25, 0.3) is 0 Å². The zero-order valence-corrected chi connectivity index (χ0v) is 17.0. The number of hydrogen-bond donors (Lipinski definition) is 1. The lowest BCUT2D eigenvalue weighted by molar-refractivity contribution is 0.0686. The monoisotopic (exact) mass is 418 g/mol. The highest BCUT2D eigenvalue weighted by atomic mass is 35.5. The molecule has 0 amide bonds. The van der Waals surface area contributed by atoms with Crippen LogP contribution in [-0.4, -0.2) is 27.7 Å². The van der Waals surface area contributed by atoms with Gasteiger partial charge in [-0.25, -0.2) is 9.78 Å². The number of imidazole rings is 1. The summed E-state index contributed by atoms with van der Waals surface area (Å²) in [4.78, 5) is 17.1. The third-order valence-corrected chi connectivity index (χ3v) is 5.16. The summed E-state index contributed by atoms with van der Waals surface area (Å²) in [5.41, 5.74) is 2.78. The zero-order chi connectivity index (χ0) is 21.1. The molecule has 0 aliphatic carbocycles. The molecular formula is C24H19ClN2O3. The fraction of sp³-hybridized carbons (Fsp3) is 0.0833. The fourth-order valence-corrected chi connectivity index (χ4v) is 3.61. The molecular weight excluding hydrogens is 400 g/mol. The number of rotatable bonds is 6. The minimum Gasteiger partial charge on any atom is -0.497 e. The second kappa shape index (κ2) is 8.43. The lowest BCUT2D eigenvalue weighted by Gasteiger charge is -2.11. The van der Waals surface area contributed by atoms with Crippen LogP contribution in [0.3, 0.4) is 0 Å². The summed E-state index contributed by atoms with van der Waals surface area (Å²) in [6, 6.07) is 24.2. The van der Waals surface area contributed by atoms with Crippen LogP contribution >= 0.6 is 11.6 Å². The number of aromatic carboxylic acids is 1. The first-order chi connectivity index (χ1) is 14.6. The minimum atomic E-state index is -1.06. The van der Waals surface area contributed by atoms with Crippen molar-refractivity contribution in [2.75, 3.05) is 7.11 Å². The lowest BCUT2D eigenvalue weighted by atomic mass is 10.1. The molecule has 0 spiro atoms. The third kappa shape index (κ3) is 3.80. The van der Waals surface area contributed by atoms with Gasteiger partial charge in [-0.2, -0.15) is 0 Å². The van der Waals surface area contributed by atoms with Crippen LogP contribution in [0.15, 0.2) is 78.9 Å². The first kappa shape index (κ1) is 19.7. The molecule has 0 radical (unpaired) electrons. The first-order valence-corrected chi connectivity index (χ1v) is 9.73. The number of carboxylic acids is 1. The normalized spacial score (nSPS) is 10.7. The molecule has 1 aromatic heterocycles. The Kier molecular flexibility index (Phi) is 5.55. The van der Waals surface area contributed by atoms with Gasteiger partial charge in [0.05, 0.1) is 12.1 Å². The van der Waals surface area contributed by atoms with Gasteiger partial charge < -0.3 is 14.4 Å². The Morgan fingerprint density at radius 1 is 1.00 bits per heavy atom. The molecule has 150 valence electrons. The molecule has 0 saturated heterocycles. The van der Waals surface area contributed by atoms with E-state index in [-0.39, 0.29) is 5.69 Å². The van der Waals surface area contributed by atoms with Crippen molar-refractivity contribution in [1.29, 1.82) is 0 Å². The van der Waals surface area contributed by atoms with Crippen molar-refractivity contribution < 1.29 is 14.6 Å². The number of hydrogen-bond acceptors (Lipinski definition) is 3. The molecule has 0 fully saturated rings. The maximum absolute atomic E-state index is 12.3. The predicted octanol–water partition coefficient (Wildman–Crippen LogP) is 5.63. The van der Waals surface area contributed by atoms with E-state index in [1.807, 2.05) is 60.7 Å². The quantitative estimate of drug-likeness (QED) is 0.441. The molecule has 3 aromatic carbocycles. The van der Waals surface area contributed by atoms with Crippen LogP contribution in [0.1, 0.15) is 16.1 Å². The lowest BCUT2D eigenvalue weighted by Crippen LogP contribution is -2.12. The van der Waals surface area contributed by atoms with Crippen molar-refractivity contribution >= 4 is 17.6 Å². The standard InChI is InChI=1S/C24H19ClN2O3/c1-30-18-13-11-16(12-14-18)15-27-22(24(28)29)21(19-9-5-6-10-20(19)25)26-23(27)17-7-3-2-4-8-17/h2-14H,15H2,1H3,(H,28,29). The zero-order valence-electron chi connectivity index (χ0n) is 16.2. The smallest absolute Gasteiger partial charge is 0.354 e. The predicted molar refractivity (Wildman–Crippen MR) is 117 cm³/mol. The molecule has 0 saturated carbocycles. The molecule has 0 unspecified atom stereocenters. The van der Waals surface area contributed by atoms with Gasteiger partial charge in [0.1, 0.15) is 17.3 Å². The number of methoxy groups -OCH3 is 1. The number of nitrogens with zero attached hydrogens (tertiary/aromatic N) is 2. The molecule has 0 bridgehead atoms. The van der Waals surface area contributed by atoms with E-state index in [1.54, 1.807) is 29.9 Å². The molecule has 0 atom stereocenters. The van der Waals surface area contributed by atoms with Crippen LogP contribution in [0.2, 0.25) is 5.02 Å². The van der Waals surface area contributed by atoms with E-state index in [2.05, 4.69) is 0 Å². The molecule has 1 N–H and O–H groups in total. The highest BCUT2D eigenvalue weighted by molar-refractivity contribution is 6.33. The van der Waals surface area contributed by atoms with E-state index in [1.165, 1.54) is 0 Å². The molecule has 5 nitrogen and oxygen atoms in total. The molecule has 30 heavy (non-hydrogen) atoms. The second-order valence-electron chi connectivity index (χ2n) is 6.72. The summed E-state index contributed by atoms with van der Waals surface area (Å²) in [6.45, 7) is 0.341. The largest absolute Gasteiger partial charge is 0.497 e. The number of benzene rings is 3. The van der Waals surface area contributed by atoms with Crippen LogP contribution < -0.4 is 4.74 Å². The summed E-state index contributed by atoms with van der Waals surface area (Å²) >= 11 is 6.38. The summed E-state index contributed by atoms with van der Waals surface area (Å²) in [6.07, 6.45) is 0. The van der Waals surface area contributed by atoms with E-state index in [9.17, 15) is 9.90 Å². The fourth-order valence-electron chi connectivity index (χ4n) is 3.39. The Bertz CT molecular complexity index is 1190. The average molecular weight is 419 g/mol. The SMILES string of the molecule is COc1ccc(Cn2c(-c3ccccc3)nc(-c3ccccc3Cl)c2C(=O)O)cc1.